The predicted molar refractivity (Wildman–Crippen MR) is 66.4 cm³/mol. The maximum atomic E-state index is 11.5. The molecule has 1 aliphatic rings. The average molecular weight is 233 g/mol. The number of hydrogen-bond acceptors (Lipinski definition) is 3. The molecule has 17 heavy (non-hydrogen) atoms. The van der Waals surface area contributed by atoms with E-state index in [0.29, 0.717) is 43.3 Å². The van der Waals surface area contributed by atoms with Gasteiger partial charge in [-0.05, 0) is 30.8 Å². The predicted octanol–water partition coefficient (Wildman–Crippen LogP) is 0.522. The van der Waals surface area contributed by atoms with Crippen molar-refractivity contribution in [1.29, 1.82) is 0 Å². The highest BCUT2D eigenvalue weighted by Crippen LogP contribution is 2.16. The lowest BCUT2D eigenvalue weighted by molar-refractivity contribution is -0.120. The zero-order valence-electron chi connectivity index (χ0n) is 9.65. The SMILES string of the molecule is C#CCCCC(=O)NC1=CCCC(B(O)O)=C1. The molecule has 0 bridgehead atoms. The molecule has 3 N–H and O–H groups in total. The van der Waals surface area contributed by atoms with E-state index in [-0.39, 0.29) is 5.91 Å². The Hall–Kier alpha value is -1.51. The van der Waals surface area contributed by atoms with Crippen molar-refractivity contribution >= 4 is 13.0 Å². The van der Waals surface area contributed by atoms with Crippen molar-refractivity contribution in [2.75, 3.05) is 0 Å². The molecule has 90 valence electrons. The van der Waals surface area contributed by atoms with Gasteiger partial charge in [-0.25, -0.2) is 0 Å². The summed E-state index contributed by atoms with van der Waals surface area (Å²) in [5.74, 6) is 2.38. The number of terminal acetylenes is 1. The summed E-state index contributed by atoms with van der Waals surface area (Å²) in [6, 6.07) is 0. The van der Waals surface area contributed by atoms with Gasteiger partial charge >= 0.3 is 7.12 Å². The van der Waals surface area contributed by atoms with Crippen LogP contribution in [0.1, 0.15) is 32.1 Å². The zero-order valence-corrected chi connectivity index (χ0v) is 9.65. The van der Waals surface area contributed by atoms with Crippen molar-refractivity contribution in [2.45, 2.75) is 32.1 Å². The van der Waals surface area contributed by atoms with Gasteiger partial charge in [0.25, 0.3) is 0 Å². The number of amides is 1. The van der Waals surface area contributed by atoms with Crippen LogP contribution in [0.3, 0.4) is 0 Å². The Bertz CT molecular complexity index is 380. The smallest absolute Gasteiger partial charge is 0.423 e. The minimum Gasteiger partial charge on any atom is -0.423 e. The Morgan fingerprint density at radius 3 is 3.00 bits per heavy atom. The van der Waals surface area contributed by atoms with Crippen LogP contribution in [0.4, 0.5) is 0 Å². The molecule has 5 heteroatoms. The Morgan fingerprint density at radius 2 is 2.35 bits per heavy atom. The third-order valence-electron chi connectivity index (χ3n) is 2.48. The summed E-state index contributed by atoms with van der Waals surface area (Å²) in [6.45, 7) is 0. The van der Waals surface area contributed by atoms with Gasteiger partial charge in [-0.3, -0.25) is 4.79 Å². The summed E-state index contributed by atoms with van der Waals surface area (Å²) in [6.07, 6.45) is 11.5. The van der Waals surface area contributed by atoms with Crippen molar-refractivity contribution in [3.05, 3.63) is 23.3 Å². The highest BCUT2D eigenvalue weighted by molar-refractivity contribution is 6.50. The minimum absolute atomic E-state index is 0.101. The van der Waals surface area contributed by atoms with Crippen molar-refractivity contribution in [3.63, 3.8) is 0 Å². The normalized spacial score (nSPS) is 14.4. The quantitative estimate of drug-likeness (QED) is 0.368. The molecular weight excluding hydrogens is 217 g/mol. The van der Waals surface area contributed by atoms with Crippen LogP contribution in [-0.2, 0) is 4.79 Å². The van der Waals surface area contributed by atoms with Gasteiger partial charge in [-0.15, -0.1) is 12.3 Å². The first-order valence-corrected chi connectivity index (χ1v) is 5.63. The molecule has 4 nitrogen and oxygen atoms in total. The first kappa shape index (κ1) is 13.6. The van der Waals surface area contributed by atoms with Gasteiger partial charge in [-0.2, -0.15) is 0 Å². The lowest BCUT2D eigenvalue weighted by Crippen LogP contribution is -2.25. The number of unbranched alkanes of at least 4 members (excludes halogenated alkanes) is 1. The summed E-state index contributed by atoms with van der Waals surface area (Å²) in [5.41, 5.74) is 1.15. The monoisotopic (exact) mass is 233 g/mol. The number of allylic oxidation sites excluding steroid dienone is 3. The summed E-state index contributed by atoms with van der Waals surface area (Å²) in [7, 11) is -1.45. The molecule has 0 aliphatic heterocycles. The molecule has 0 aromatic rings. The first-order chi connectivity index (χ1) is 8.13. The average Bonchev–Trinajstić information content (AvgIpc) is 2.29. The number of carbonyl (C=O) groups excluding carboxylic acids is 1. The second-order valence-electron chi connectivity index (χ2n) is 3.90. The molecule has 0 saturated heterocycles. The van der Waals surface area contributed by atoms with Crippen molar-refractivity contribution < 1.29 is 14.8 Å². The fraction of sp³-hybridized carbons (Fsp3) is 0.417. The van der Waals surface area contributed by atoms with Gasteiger partial charge in [0.2, 0.25) is 5.91 Å². The molecule has 0 aromatic carbocycles. The molecule has 0 aromatic heterocycles. The van der Waals surface area contributed by atoms with Crippen LogP contribution >= 0.6 is 0 Å². The molecule has 1 aliphatic carbocycles. The van der Waals surface area contributed by atoms with Gasteiger partial charge in [0.1, 0.15) is 0 Å². The molecule has 0 saturated carbocycles. The van der Waals surface area contributed by atoms with Crippen LogP contribution < -0.4 is 5.32 Å². The van der Waals surface area contributed by atoms with E-state index < -0.39 is 7.12 Å². The van der Waals surface area contributed by atoms with Gasteiger partial charge < -0.3 is 15.4 Å². The molecule has 0 spiro atoms. The van der Waals surface area contributed by atoms with E-state index in [2.05, 4.69) is 11.2 Å². The maximum Gasteiger partial charge on any atom is 0.484 e. The van der Waals surface area contributed by atoms with Crippen LogP contribution in [0.15, 0.2) is 23.3 Å². The molecule has 0 radical (unpaired) electrons. The highest BCUT2D eigenvalue weighted by Gasteiger charge is 2.17. The Labute approximate surface area is 102 Å². The van der Waals surface area contributed by atoms with Gasteiger partial charge in [0.15, 0.2) is 0 Å². The minimum atomic E-state index is -1.45. The van der Waals surface area contributed by atoms with Crippen molar-refractivity contribution in [3.8, 4) is 12.3 Å². The standard InChI is InChI=1S/C12H16BNO3/c1-2-3-4-8-12(15)14-11-7-5-6-10(9-11)13(16)17/h1,7,9,16-17H,3-6,8H2,(H,14,15). The fourth-order valence-corrected chi connectivity index (χ4v) is 1.59. The maximum absolute atomic E-state index is 11.5. The Morgan fingerprint density at radius 1 is 1.59 bits per heavy atom. The molecule has 1 rings (SSSR count). The molecule has 0 atom stereocenters. The van der Waals surface area contributed by atoms with E-state index in [1.54, 1.807) is 6.08 Å². The van der Waals surface area contributed by atoms with Gasteiger partial charge in [0.05, 0.1) is 0 Å². The lowest BCUT2D eigenvalue weighted by atomic mass is 9.74. The van der Waals surface area contributed by atoms with Crippen LogP contribution in [0.2, 0.25) is 0 Å². The lowest BCUT2D eigenvalue weighted by Gasteiger charge is -2.14. The summed E-state index contributed by atoms with van der Waals surface area (Å²) < 4.78 is 0. The number of rotatable bonds is 5. The third-order valence-corrected chi connectivity index (χ3v) is 2.48. The Balaban J connectivity index is 2.44. The number of hydrogen-bond donors (Lipinski definition) is 3. The van der Waals surface area contributed by atoms with E-state index in [9.17, 15) is 4.79 Å². The molecule has 0 unspecified atom stereocenters. The molecule has 1 amide bonds. The van der Waals surface area contributed by atoms with Crippen molar-refractivity contribution in [2.24, 2.45) is 0 Å². The van der Waals surface area contributed by atoms with E-state index in [1.807, 2.05) is 6.08 Å². The van der Waals surface area contributed by atoms with Crippen LogP contribution in [0.25, 0.3) is 0 Å². The molecular formula is C12H16BNO3. The highest BCUT2D eigenvalue weighted by atomic mass is 16.4. The van der Waals surface area contributed by atoms with Gasteiger partial charge in [-0.1, -0.05) is 6.08 Å². The summed E-state index contributed by atoms with van der Waals surface area (Å²) in [4.78, 5) is 11.5. The van der Waals surface area contributed by atoms with E-state index in [1.165, 1.54) is 0 Å². The van der Waals surface area contributed by atoms with Crippen LogP contribution in [0, 0.1) is 12.3 Å². The number of nitrogens with one attached hydrogen (secondary N) is 1. The van der Waals surface area contributed by atoms with E-state index >= 15 is 0 Å². The second kappa shape index (κ2) is 6.95. The zero-order chi connectivity index (χ0) is 12.7. The molecule has 0 heterocycles. The Kier molecular flexibility index (Phi) is 5.54. The van der Waals surface area contributed by atoms with E-state index in [0.717, 1.165) is 0 Å². The van der Waals surface area contributed by atoms with Crippen molar-refractivity contribution in [1.82, 2.24) is 5.32 Å². The largest absolute Gasteiger partial charge is 0.484 e. The van der Waals surface area contributed by atoms with E-state index in [4.69, 9.17) is 16.5 Å². The summed E-state index contributed by atoms with van der Waals surface area (Å²) >= 11 is 0. The van der Waals surface area contributed by atoms with Crippen LogP contribution in [-0.4, -0.2) is 23.1 Å². The first-order valence-electron chi connectivity index (χ1n) is 5.63. The van der Waals surface area contributed by atoms with Gasteiger partial charge in [0, 0.05) is 18.5 Å². The molecule has 0 fully saturated rings. The second-order valence-corrected chi connectivity index (χ2v) is 3.90. The topological polar surface area (TPSA) is 69.6 Å². The summed E-state index contributed by atoms with van der Waals surface area (Å²) in [5, 5.41) is 20.8. The number of carbonyl (C=O) groups is 1. The third kappa shape index (κ3) is 4.90. The van der Waals surface area contributed by atoms with Crippen LogP contribution in [0.5, 0.6) is 0 Å². The fourth-order valence-electron chi connectivity index (χ4n) is 1.59.